The maximum Gasteiger partial charge on any atom is 0.241 e. The van der Waals surface area contributed by atoms with E-state index < -0.39 is 10.0 Å². The van der Waals surface area contributed by atoms with Crippen molar-refractivity contribution in [3.63, 3.8) is 0 Å². The van der Waals surface area contributed by atoms with Gasteiger partial charge >= 0.3 is 0 Å². The fourth-order valence-electron chi connectivity index (χ4n) is 2.19. The first kappa shape index (κ1) is 16.5. The van der Waals surface area contributed by atoms with Gasteiger partial charge in [-0.15, -0.1) is 6.58 Å². The zero-order valence-electron chi connectivity index (χ0n) is 12.9. The number of hydrogen-bond acceptors (Lipinski definition) is 2. The fraction of sp³-hybridized carbons (Fsp3) is 0.222. The molecule has 0 amide bonds. The van der Waals surface area contributed by atoms with Crippen LogP contribution in [0.15, 0.2) is 66.1 Å². The number of rotatable bonds is 6. The molecule has 0 radical (unpaired) electrons. The summed E-state index contributed by atoms with van der Waals surface area (Å²) in [6.45, 7) is 7.65. The summed E-state index contributed by atoms with van der Waals surface area (Å²) in [6.07, 6.45) is 2.26. The maximum absolute atomic E-state index is 12.5. The average molecular weight is 315 g/mol. The van der Waals surface area contributed by atoms with Crippen LogP contribution in [0.4, 0.5) is 0 Å². The molecule has 3 nitrogen and oxygen atoms in total. The third-order valence-corrected chi connectivity index (χ3v) is 5.00. The molecule has 0 bridgehead atoms. The van der Waals surface area contributed by atoms with Crippen LogP contribution >= 0.6 is 0 Å². The van der Waals surface area contributed by atoms with Gasteiger partial charge in [0.05, 0.1) is 10.9 Å². The molecule has 0 aliphatic carbocycles. The van der Waals surface area contributed by atoms with E-state index in [4.69, 9.17) is 0 Å². The van der Waals surface area contributed by atoms with Crippen LogP contribution in [-0.4, -0.2) is 8.42 Å². The molecule has 22 heavy (non-hydrogen) atoms. The molecule has 0 heterocycles. The highest BCUT2D eigenvalue weighted by Gasteiger charge is 2.20. The number of aryl methyl sites for hydroxylation is 2. The van der Waals surface area contributed by atoms with Crippen LogP contribution in [0.1, 0.15) is 29.2 Å². The van der Waals surface area contributed by atoms with Crippen molar-refractivity contribution in [1.82, 2.24) is 4.72 Å². The lowest BCUT2D eigenvalue weighted by molar-refractivity contribution is 0.557. The predicted molar refractivity (Wildman–Crippen MR) is 90.2 cm³/mol. The number of sulfonamides is 1. The molecule has 2 rings (SSSR count). The summed E-state index contributed by atoms with van der Waals surface area (Å²) < 4.78 is 27.8. The van der Waals surface area contributed by atoms with E-state index in [2.05, 4.69) is 11.3 Å². The van der Waals surface area contributed by atoms with E-state index in [1.54, 1.807) is 30.3 Å². The van der Waals surface area contributed by atoms with E-state index in [0.29, 0.717) is 6.42 Å². The second kappa shape index (κ2) is 6.90. The van der Waals surface area contributed by atoms with Crippen LogP contribution in [0.5, 0.6) is 0 Å². The molecular weight excluding hydrogens is 294 g/mol. The smallest absolute Gasteiger partial charge is 0.207 e. The van der Waals surface area contributed by atoms with Gasteiger partial charge in [0.25, 0.3) is 0 Å². The van der Waals surface area contributed by atoms with Crippen LogP contribution in [0, 0.1) is 13.8 Å². The van der Waals surface area contributed by atoms with Gasteiger partial charge in [-0.25, -0.2) is 13.1 Å². The monoisotopic (exact) mass is 315 g/mol. The predicted octanol–water partition coefficient (Wildman–Crippen LogP) is 3.90. The molecule has 0 unspecified atom stereocenters. The summed E-state index contributed by atoms with van der Waals surface area (Å²) in [6, 6.07) is 14.4. The molecule has 4 heteroatoms. The van der Waals surface area contributed by atoms with E-state index in [0.717, 1.165) is 16.7 Å². The van der Waals surface area contributed by atoms with Gasteiger partial charge in [-0.1, -0.05) is 53.6 Å². The molecular formula is C18H21NO2S. The molecule has 1 atom stereocenters. The van der Waals surface area contributed by atoms with Crippen molar-refractivity contribution in [3.8, 4) is 0 Å². The lowest BCUT2D eigenvalue weighted by atomic mass is 10.0. The van der Waals surface area contributed by atoms with Crippen molar-refractivity contribution in [2.24, 2.45) is 0 Å². The third-order valence-electron chi connectivity index (χ3n) is 3.51. The Bertz CT molecular complexity index is 732. The largest absolute Gasteiger partial charge is 0.241 e. The molecule has 0 aliphatic rings. The molecule has 1 N–H and O–H groups in total. The first-order chi connectivity index (χ1) is 10.4. The summed E-state index contributed by atoms with van der Waals surface area (Å²) in [7, 11) is -3.55. The van der Waals surface area contributed by atoms with Crippen molar-refractivity contribution < 1.29 is 8.42 Å². The lowest BCUT2D eigenvalue weighted by Gasteiger charge is -2.18. The minimum atomic E-state index is -3.55. The van der Waals surface area contributed by atoms with E-state index in [1.807, 2.05) is 38.1 Å². The Morgan fingerprint density at radius 2 is 1.50 bits per heavy atom. The summed E-state index contributed by atoms with van der Waals surface area (Å²) in [5.74, 6) is 0. The summed E-state index contributed by atoms with van der Waals surface area (Å²) in [5, 5.41) is 0. The van der Waals surface area contributed by atoms with Crippen LogP contribution in [0.3, 0.4) is 0 Å². The third kappa shape index (κ3) is 4.06. The van der Waals surface area contributed by atoms with Crippen LogP contribution < -0.4 is 4.72 Å². The molecule has 0 saturated heterocycles. The highest BCUT2D eigenvalue weighted by atomic mass is 32.2. The molecule has 0 spiro atoms. The van der Waals surface area contributed by atoms with E-state index >= 15 is 0 Å². The number of nitrogens with one attached hydrogen (secondary N) is 1. The normalized spacial score (nSPS) is 12.8. The van der Waals surface area contributed by atoms with Gasteiger partial charge in [-0.05, 0) is 38.0 Å². The quantitative estimate of drug-likeness (QED) is 0.822. The van der Waals surface area contributed by atoms with Gasteiger partial charge in [-0.3, -0.25) is 0 Å². The van der Waals surface area contributed by atoms with Crippen LogP contribution in [-0.2, 0) is 10.0 Å². The van der Waals surface area contributed by atoms with Crippen molar-refractivity contribution in [2.75, 3.05) is 0 Å². The lowest BCUT2D eigenvalue weighted by Crippen LogP contribution is -2.28. The first-order valence-corrected chi connectivity index (χ1v) is 8.67. The van der Waals surface area contributed by atoms with Gasteiger partial charge in [0, 0.05) is 0 Å². The Kier molecular flexibility index (Phi) is 5.16. The Balaban J connectivity index is 2.28. The number of benzene rings is 2. The minimum absolute atomic E-state index is 0.277. The van der Waals surface area contributed by atoms with Crippen molar-refractivity contribution >= 4 is 10.0 Å². The van der Waals surface area contributed by atoms with E-state index in [9.17, 15) is 8.42 Å². The maximum atomic E-state index is 12.5. The zero-order valence-corrected chi connectivity index (χ0v) is 13.7. The van der Waals surface area contributed by atoms with Gasteiger partial charge in [0.2, 0.25) is 10.0 Å². The minimum Gasteiger partial charge on any atom is -0.207 e. The molecule has 2 aromatic carbocycles. The van der Waals surface area contributed by atoms with Gasteiger partial charge in [0.1, 0.15) is 0 Å². The molecule has 2 aromatic rings. The molecule has 0 aliphatic heterocycles. The SMILES string of the molecule is C=CC[C@H](NS(=O)(=O)c1ccc(C)cc1)c1ccc(C)cc1. The van der Waals surface area contributed by atoms with Gasteiger partial charge in [-0.2, -0.15) is 0 Å². The molecule has 0 fully saturated rings. The second-order valence-electron chi connectivity index (χ2n) is 5.42. The summed E-state index contributed by atoms with van der Waals surface area (Å²) in [5.41, 5.74) is 3.10. The Hall–Kier alpha value is -1.91. The van der Waals surface area contributed by atoms with Crippen molar-refractivity contribution in [1.29, 1.82) is 0 Å². The highest BCUT2D eigenvalue weighted by Crippen LogP contribution is 2.21. The van der Waals surface area contributed by atoms with Crippen molar-refractivity contribution in [3.05, 3.63) is 77.9 Å². The number of hydrogen-bond donors (Lipinski definition) is 1. The molecule has 116 valence electrons. The summed E-state index contributed by atoms with van der Waals surface area (Å²) >= 11 is 0. The van der Waals surface area contributed by atoms with Crippen LogP contribution in [0.2, 0.25) is 0 Å². The topological polar surface area (TPSA) is 46.2 Å². The standard InChI is InChI=1S/C18H21NO2S/c1-4-5-18(16-10-6-14(2)7-11-16)19-22(20,21)17-12-8-15(3)9-13-17/h4,6-13,18-19H,1,5H2,2-3H3/t18-/m0/s1. The molecule has 0 aromatic heterocycles. The van der Waals surface area contributed by atoms with Crippen LogP contribution in [0.25, 0.3) is 0 Å². The van der Waals surface area contributed by atoms with Crippen molar-refractivity contribution in [2.45, 2.75) is 31.2 Å². The Labute approximate surface area is 132 Å². The average Bonchev–Trinajstić information content (AvgIpc) is 2.48. The van der Waals surface area contributed by atoms with Gasteiger partial charge < -0.3 is 0 Å². The first-order valence-electron chi connectivity index (χ1n) is 7.19. The zero-order chi connectivity index (χ0) is 16.2. The Morgan fingerprint density at radius 3 is 2.00 bits per heavy atom. The van der Waals surface area contributed by atoms with Gasteiger partial charge in [0.15, 0.2) is 0 Å². The summed E-state index contributed by atoms with van der Waals surface area (Å²) in [4.78, 5) is 0.277. The fourth-order valence-corrected chi connectivity index (χ4v) is 3.43. The highest BCUT2D eigenvalue weighted by molar-refractivity contribution is 7.89. The van der Waals surface area contributed by atoms with E-state index in [-0.39, 0.29) is 10.9 Å². The molecule has 0 saturated carbocycles. The second-order valence-corrected chi connectivity index (χ2v) is 7.14. The Morgan fingerprint density at radius 1 is 1.00 bits per heavy atom. The van der Waals surface area contributed by atoms with E-state index in [1.165, 1.54) is 0 Å².